The Hall–Kier alpha value is -0.160. The fourth-order valence-corrected chi connectivity index (χ4v) is 2.21. The van der Waals surface area contributed by atoms with Crippen LogP contribution < -0.4 is 5.32 Å². The Morgan fingerprint density at radius 3 is 2.53 bits per heavy atom. The molecule has 0 aliphatic heterocycles. The second-order valence-electron chi connectivity index (χ2n) is 4.14. The third kappa shape index (κ3) is 4.07. The molecule has 2 unspecified atom stereocenters. The molecule has 1 aliphatic rings. The monoisotopic (exact) mass is 217 g/mol. The van der Waals surface area contributed by atoms with Crippen molar-refractivity contribution in [1.82, 2.24) is 5.32 Å². The molecule has 1 rings (SSSR count). The molecule has 0 aromatic heterocycles. The summed E-state index contributed by atoms with van der Waals surface area (Å²) in [6.45, 7) is 0.969. The Morgan fingerprint density at radius 1 is 1.27 bits per heavy atom. The fourth-order valence-electron chi connectivity index (χ4n) is 2.21. The largest absolute Gasteiger partial charge is 0.396 e. The van der Waals surface area contributed by atoms with E-state index in [0.29, 0.717) is 18.5 Å². The van der Waals surface area contributed by atoms with Crippen LogP contribution in [-0.4, -0.2) is 44.8 Å². The van der Waals surface area contributed by atoms with E-state index in [4.69, 9.17) is 9.47 Å². The van der Waals surface area contributed by atoms with Crippen LogP contribution in [0.2, 0.25) is 0 Å². The van der Waals surface area contributed by atoms with Crippen LogP contribution in [0, 0.1) is 5.92 Å². The van der Waals surface area contributed by atoms with Crippen molar-refractivity contribution in [1.29, 1.82) is 0 Å². The van der Waals surface area contributed by atoms with Gasteiger partial charge in [-0.05, 0) is 18.8 Å². The van der Waals surface area contributed by atoms with Gasteiger partial charge in [0.2, 0.25) is 0 Å². The lowest BCUT2D eigenvalue weighted by atomic mass is 9.85. The topological polar surface area (TPSA) is 50.7 Å². The summed E-state index contributed by atoms with van der Waals surface area (Å²) in [4.78, 5) is 0. The van der Waals surface area contributed by atoms with E-state index < -0.39 is 0 Å². The predicted molar refractivity (Wildman–Crippen MR) is 58.6 cm³/mol. The Balaban J connectivity index is 2.28. The average Bonchev–Trinajstić information content (AvgIpc) is 2.31. The highest BCUT2D eigenvalue weighted by Crippen LogP contribution is 2.23. The lowest BCUT2D eigenvalue weighted by Gasteiger charge is -2.31. The lowest BCUT2D eigenvalue weighted by molar-refractivity contribution is -0.101. The zero-order valence-corrected chi connectivity index (χ0v) is 9.74. The zero-order valence-electron chi connectivity index (χ0n) is 9.74. The summed E-state index contributed by atoms with van der Waals surface area (Å²) in [5, 5.41) is 12.7. The maximum atomic E-state index is 9.24. The number of methoxy groups -OCH3 is 2. The third-order valence-corrected chi connectivity index (χ3v) is 3.22. The summed E-state index contributed by atoms with van der Waals surface area (Å²) in [7, 11) is 3.28. The first-order valence-corrected chi connectivity index (χ1v) is 5.71. The molecule has 1 aliphatic carbocycles. The van der Waals surface area contributed by atoms with Gasteiger partial charge in [0.15, 0.2) is 6.29 Å². The summed E-state index contributed by atoms with van der Waals surface area (Å²) in [6.07, 6.45) is 4.57. The summed E-state index contributed by atoms with van der Waals surface area (Å²) < 4.78 is 10.2. The number of nitrogens with one attached hydrogen (secondary N) is 1. The number of rotatable bonds is 6. The quantitative estimate of drug-likeness (QED) is 0.645. The van der Waals surface area contributed by atoms with Gasteiger partial charge in [0.1, 0.15) is 0 Å². The molecule has 0 amide bonds. The van der Waals surface area contributed by atoms with Crippen LogP contribution in [0.15, 0.2) is 0 Å². The Morgan fingerprint density at radius 2 is 1.93 bits per heavy atom. The Kier molecular flexibility index (Phi) is 6.17. The van der Waals surface area contributed by atoms with Crippen molar-refractivity contribution in [3.05, 3.63) is 0 Å². The van der Waals surface area contributed by atoms with Crippen molar-refractivity contribution in [2.75, 3.05) is 27.4 Å². The second kappa shape index (κ2) is 7.17. The molecule has 0 bridgehead atoms. The normalized spacial score (nSPS) is 27.2. The smallest absolute Gasteiger partial charge is 0.169 e. The van der Waals surface area contributed by atoms with E-state index >= 15 is 0 Å². The fraction of sp³-hybridized carbons (Fsp3) is 1.00. The van der Waals surface area contributed by atoms with Crippen LogP contribution in [0.3, 0.4) is 0 Å². The molecule has 2 N–H and O–H groups in total. The first kappa shape index (κ1) is 12.9. The third-order valence-electron chi connectivity index (χ3n) is 3.22. The summed E-state index contributed by atoms with van der Waals surface area (Å²) in [5.74, 6) is 0.396. The van der Waals surface area contributed by atoms with Gasteiger partial charge in [-0.1, -0.05) is 12.8 Å². The molecule has 0 aromatic carbocycles. The van der Waals surface area contributed by atoms with Crippen LogP contribution in [0.5, 0.6) is 0 Å². The zero-order chi connectivity index (χ0) is 11.1. The molecule has 1 saturated carbocycles. The molecule has 2 atom stereocenters. The minimum atomic E-state index is -0.189. The standard InChI is InChI=1S/C11H23NO3/c1-14-11(15-2)7-12-10-6-4-3-5-9(10)8-13/h9-13H,3-8H2,1-2H3. The second-order valence-corrected chi connectivity index (χ2v) is 4.14. The van der Waals surface area contributed by atoms with Crippen molar-refractivity contribution >= 4 is 0 Å². The molecule has 0 heterocycles. The molecular weight excluding hydrogens is 194 g/mol. The van der Waals surface area contributed by atoms with Gasteiger partial charge in [-0.15, -0.1) is 0 Å². The van der Waals surface area contributed by atoms with Crippen LogP contribution in [0.1, 0.15) is 25.7 Å². The van der Waals surface area contributed by atoms with Crippen molar-refractivity contribution in [3.63, 3.8) is 0 Å². The van der Waals surface area contributed by atoms with Crippen LogP contribution in [-0.2, 0) is 9.47 Å². The highest BCUT2D eigenvalue weighted by molar-refractivity contribution is 4.80. The Bertz CT molecular complexity index is 162. The molecule has 90 valence electrons. The lowest BCUT2D eigenvalue weighted by Crippen LogP contribution is -2.44. The number of hydrogen-bond donors (Lipinski definition) is 2. The molecule has 0 saturated heterocycles. The molecule has 4 nitrogen and oxygen atoms in total. The van der Waals surface area contributed by atoms with E-state index in [1.54, 1.807) is 14.2 Å². The highest BCUT2D eigenvalue weighted by atomic mass is 16.7. The molecule has 0 aromatic rings. The van der Waals surface area contributed by atoms with Crippen LogP contribution in [0.25, 0.3) is 0 Å². The number of hydrogen-bond acceptors (Lipinski definition) is 4. The molecular formula is C11H23NO3. The first-order chi connectivity index (χ1) is 7.31. The predicted octanol–water partition coefficient (Wildman–Crippen LogP) is 0.746. The van der Waals surface area contributed by atoms with Crippen molar-refractivity contribution in [2.24, 2.45) is 5.92 Å². The molecule has 0 spiro atoms. The minimum Gasteiger partial charge on any atom is -0.396 e. The van der Waals surface area contributed by atoms with Gasteiger partial charge < -0.3 is 19.9 Å². The molecule has 0 radical (unpaired) electrons. The highest BCUT2D eigenvalue weighted by Gasteiger charge is 2.24. The van der Waals surface area contributed by atoms with Gasteiger partial charge in [0, 0.05) is 33.4 Å². The van der Waals surface area contributed by atoms with Gasteiger partial charge in [-0.2, -0.15) is 0 Å². The Labute approximate surface area is 92.0 Å². The summed E-state index contributed by atoms with van der Waals surface area (Å²) >= 11 is 0. The SMILES string of the molecule is COC(CNC1CCCCC1CO)OC. The van der Waals surface area contributed by atoms with E-state index in [1.807, 2.05) is 0 Å². The van der Waals surface area contributed by atoms with Crippen LogP contribution >= 0.6 is 0 Å². The molecule has 1 fully saturated rings. The van der Waals surface area contributed by atoms with E-state index in [1.165, 1.54) is 12.8 Å². The summed E-state index contributed by atoms with van der Waals surface area (Å²) in [5.41, 5.74) is 0. The average molecular weight is 217 g/mol. The maximum absolute atomic E-state index is 9.24. The van der Waals surface area contributed by atoms with E-state index in [0.717, 1.165) is 12.8 Å². The van der Waals surface area contributed by atoms with Crippen LogP contribution in [0.4, 0.5) is 0 Å². The van der Waals surface area contributed by atoms with Gasteiger partial charge in [-0.3, -0.25) is 0 Å². The van der Waals surface area contributed by atoms with Gasteiger partial charge in [0.05, 0.1) is 0 Å². The van der Waals surface area contributed by atoms with Crippen molar-refractivity contribution in [3.8, 4) is 0 Å². The van der Waals surface area contributed by atoms with Crippen molar-refractivity contribution < 1.29 is 14.6 Å². The first-order valence-electron chi connectivity index (χ1n) is 5.71. The van der Waals surface area contributed by atoms with Gasteiger partial charge >= 0.3 is 0 Å². The van der Waals surface area contributed by atoms with Gasteiger partial charge in [-0.25, -0.2) is 0 Å². The molecule has 15 heavy (non-hydrogen) atoms. The summed E-state index contributed by atoms with van der Waals surface area (Å²) in [6, 6.07) is 0.413. The number of ether oxygens (including phenoxy) is 2. The maximum Gasteiger partial charge on any atom is 0.169 e. The van der Waals surface area contributed by atoms with E-state index in [-0.39, 0.29) is 12.9 Å². The number of aliphatic hydroxyl groups excluding tert-OH is 1. The van der Waals surface area contributed by atoms with Gasteiger partial charge in [0.25, 0.3) is 0 Å². The minimum absolute atomic E-state index is 0.189. The number of aliphatic hydroxyl groups is 1. The molecule has 4 heteroatoms. The van der Waals surface area contributed by atoms with E-state index in [2.05, 4.69) is 5.32 Å². The van der Waals surface area contributed by atoms with Crippen molar-refractivity contribution in [2.45, 2.75) is 38.0 Å². The van der Waals surface area contributed by atoms with E-state index in [9.17, 15) is 5.11 Å².